The standard InChI is InChI=1S/C23H20Cl2N4O3/c24-17-5-6-19(20(25)11-17)23(14-28-9-7-26-15-28)31-13-18(32-23)12-30-22-4-2-1-3-21(22)29-10-8-27-16-29/h1-11,15-16,18H,12-14H2/t18-,23-/m1/s1. The van der Waals surface area contributed by atoms with Gasteiger partial charge in [0.25, 0.3) is 0 Å². The molecule has 4 aromatic rings. The van der Waals surface area contributed by atoms with E-state index >= 15 is 0 Å². The summed E-state index contributed by atoms with van der Waals surface area (Å²) in [7, 11) is 0. The van der Waals surface area contributed by atoms with Crippen molar-refractivity contribution in [3.8, 4) is 11.4 Å². The highest BCUT2D eigenvalue weighted by Crippen LogP contribution is 2.40. The maximum absolute atomic E-state index is 6.53. The van der Waals surface area contributed by atoms with E-state index in [-0.39, 0.29) is 6.10 Å². The molecule has 32 heavy (non-hydrogen) atoms. The van der Waals surface area contributed by atoms with Crippen molar-refractivity contribution < 1.29 is 14.2 Å². The summed E-state index contributed by atoms with van der Waals surface area (Å²) in [5.41, 5.74) is 1.60. The molecule has 0 amide bonds. The van der Waals surface area contributed by atoms with Crippen LogP contribution in [0, 0.1) is 0 Å². The maximum Gasteiger partial charge on any atom is 0.215 e. The molecule has 0 bridgehead atoms. The SMILES string of the molecule is Clc1ccc([C@]2(Cn3ccnc3)OC[C@@H](COc3ccccc3-n3ccnc3)O2)c(Cl)c1. The summed E-state index contributed by atoms with van der Waals surface area (Å²) >= 11 is 12.6. The average Bonchev–Trinajstić information content (AvgIpc) is 3.56. The van der Waals surface area contributed by atoms with Crippen LogP contribution in [-0.2, 0) is 21.8 Å². The normalized spacial score (nSPS) is 20.5. The van der Waals surface area contributed by atoms with Gasteiger partial charge in [0.15, 0.2) is 0 Å². The maximum atomic E-state index is 6.53. The summed E-state index contributed by atoms with van der Waals surface area (Å²) in [4.78, 5) is 8.23. The highest BCUT2D eigenvalue weighted by molar-refractivity contribution is 6.35. The zero-order chi connectivity index (χ0) is 22.0. The van der Waals surface area contributed by atoms with Crippen molar-refractivity contribution in [3.63, 3.8) is 0 Å². The van der Waals surface area contributed by atoms with Crippen molar-refractivity contribution in [2.45, 2.75) is 18.4 Å². The van der Waals surface area contributed by atoms with Crippen molar-refractivity contribution in [2.75, 3.05) is 13.2 Å². The minimum absolute atomic E-state index is 0.305. The molecule has 2 aromatic carbocycles. The molecule has 0 radical (unpaired) electrons. The van der Waals surface area contributed by atoms with Gasteiger partial charge in [-0.25, -0.2) is 9.97 Å². The van der Waals surface area contributed by atoms with E-state index in [1.54, 1.807) is 37.2 Å². The Morgan fingerprint density at radius 2 is 1.91 bits per heavy atom. The van der Waals surface area contributed by atoms with E-state index in [9.17, 15) is 0 Å². The first-order valence-corrected chi connectivity index (χ1v) is 10.8. The second kappa shape index (κ2) is 8.96. The average molecular weight is 471 g/mol. The molecule has 164 valence electrons. The van der Waals surface area contributed by atoms with Gasteiger partial charge in [0.2, 0.25) is 5.79 Å². The van der Waals surface area contributed by atoms with Crippen LogP contribution in [0.3, 0.4) is 0 Å². The van der Waals surface area contributed by atoms with Crippen LogP contribution in [0.15, 0.2) is 79.9 Å². The van der Waals surface area contributed by atoms with Crippen LogP contribution < -0.4 is 4.74 Å². The van der Waals surface area contributed by atoms with Crippen molar-refractivity contribution in [1.82, 2.24) is 19.1 Å². The minimum Gasteiger partial charge on any atom is -0.489 e. The number of ether oxygens (including phenoxy) is 3. The van der Waals surface area contributed by atoms with E-state index in [0.717, 1.165) is 11.4 Å². The van der Waals surface area contributed by atoms with Crippen LogP contribution in [0.25, 0.3) is 5.69 Å². The molecule has 1 fully saturated rings. The largest absolute Gasteiger partial charge is 0.489 e. The lowest BCUT2D eigenvalue weighted by Gasteiger charge is -2.30. The number of rotatable bonds is 7. The van der Waals surface area contributed by atoms with Crippen LogP contribution >= 0.6 is 23.2 Å². The molecule has 0 unspecified atom stereocenters. The van der Waals surface area contributed by atoms with Gasteiger partial charge in [-0.2, -0.15) is 0 Å². The molecule has 0 aliphatic carbocycles. The number of halogens is 2. The third kappa shape index (κ3) is 4.25. The first kappa shape index (κ1) is 21.0. The van der Waals surface area contributed by atoms with Crippen LogP contribution in [-0.4, -0.2) is 38.4 Å². The second-order valence-corrected chi connectivity index (χ2v) is 8.26. The fraction of sp³-hybridized carbons (Fsp3) is 0.217. The molecule has 1 aliphatic rings. The fourth-order valence-corrected chi connectivity index (χ4v) is 4.30. The summed E-state index contributed by atoms with van der Waals surface area (Å²) < 4.78 is 22.6. The molecule has 0 N–H and O–H groups in total. The smallest absolute Gasteiger partial charge is 0.215 e. The summed E-state index contributed by atoms with van der Waals surface area (Å²) in [5.74, 6) is -0.356. The second-order valence-electron chi connectivity index (χ2n) is 7.41. The van der Waals surface area contributed by atoms with E-state index < -0.39 is 5.79 Å². The monoisotopic (exact) mass is 470 g/mol. The fourth-order valence-electron chi connectivity index (χ4n) is 3.75. The molecule has 0 saturated carbocycles. The highest BCUT2D eigenvalue weighted by Gasteiger charge is 2.45. The van der Waals surface area contributed by atoms with Gasteiger partial charge in [0, 0.05) is 35.4 Å². The van der Waals surface area contributed by atoms with E-state index in [0.29, 0.717) is 35.4 Å². The Morgan fingerprint density at radius 3 is 2.69 bits per heavy atom. The molecule has 7 nitrogen and oxygen atoms in total. The molecule has 2 atom stereocenters. The molecule has 5 rings (SSSR count). The lowest BCUT2D eigenvalue weighted by atomic mass is 10.1. The van der Waals surface area contributed by atoms with E-state index in [1.807, 2.05) is 51.9 Å². The third-order valence-electron chi connectivity index (χ3n) is 5.22. The van der Waals surface area contributed by atoms with E-state index in [1.165, 1.54) is 0 Å². The van der Waals surface area contributed by atoms with Crippen LogP contribution in [0.4, 0.5) is 0 Å². The number of para-hydroxylation sites is 2. The molecular weight excluding hydrogens is 451 g/mol. The molecule has 0 spiro atoms. The number of benzene rings is 2. The number of aromatic nitrogens is 4. The van der Waals surface area contributed by atoms with Gasteiger partial charge in [0.1, 0.15) is 18.5 Å². The Hall–Kier alpha value is -2.84. The Bertz CT molecular complexity index is 1180. The van der Waals surface area contributed by atoms with Crippen molar-refractivity contribution in [3.05, 3.63) is 95.5 Å². The Balaban J connectivity index is 1.37. The molecule has 2 aromatic heterocycles. The molecule has 3 heterocycles. The third-order valence-corrected chi connectivity index (χ3v) is 5.77. The van der Waals surface area contributed by atoms with Gasteiger partial charge in [-0.05, 0) is 24.3 Å². The Kier molecular flexibility index (Phi) is 5.89. The predicted molar refractivity (Wildman–Crippen MR) is 120 cm³/mol. The van der Waals surface area contributed by atoms with E-state index in [2.05, 4.69) is 9.97 Å². The lowest BCUT2D eigenvalue weighted by Crippen LogP contribution is -2.34. The number of hydrogen-bond acceptors (Lipinski definition) is 5. The highest BCUT2D eigenvalue weighted by atomic mass is 35.5. The topological polar surface area (TPSA) is 63.3 Å². The molecule has 1 saturated heterocycles. The van der Waals surface area contributed by atoms with Gasteiger partial charge in [0.05, 0.1) is 36.5 Å². The van der Waals surface area contributed by atoms with Crippen LogP contribution in [0.2, 0.25) is 10.0 Å². The van der Waals surface area contributed by atoms with Gasteiger partial charge < -0.3 is 23.3 Å². The first-order chi connectivity index (χ1) is 15.6. The quantitative estimate of drug-likeness (QED) is 0.390. The van der Waals surface area contributed by atoms with Crippen LogP contribution in [0.1, 0.15) is 5.56 Å². The van der Waals surface area contributed by atoms with Gasteiger partial charge in [-0.1, -0.05) is 41.4 Å². The molecule has 9 heteroatoms. The zero-order valence-electron chi connectivity index (χ0n) is 17.0. The number of nitrogens with zero attached hydrogens (tertiary/aromatic N) is 4. The Labute approximate surface area is 195 Å². The van der Waals surface area contributed by atoms with Crippen molar-refractivity contribution in [2.24, 2.45) is 0 Å². The van der Waals surface area contributed by atoms with Crippen molar-refractivity contribution in [1.29, 1.82) is 0 Å². The zero-order valence-corrected chi connectivity index (χ0v) is 18.5. The van der Waals surface area contributed by atoms with Gasteiger partial charge in [-0.3, -0.25) is 0 Å². The summed E-state index contributed by atoms with van der Waals surface area (Å²) in [5, 5.41) is 1.02. The lowest BCUT2D eigenvalue weighted by molar-refractivity contribution is -0.189. The summed E-state index contributed by atoms with van der Waals surface area (Å²) in [6.07, 6.45) is 10.3. The van der Waals surface area contributed by atoms with E-state index in [4.69, 9.17) is 37.4 Å². The number of hydrogen-bond donors (Lipinski definition) is 0. The minimum atomic E-state index is -1.08. The molecular formula is C23H20Cl2N4O3. The predicted octanol–water partition coefficient (Wildman–Crippen LogP) is 4.72. The number of imidazole rings is 2. The summed E-state index contributed by atoms with van der Waals surface area (Å²) in [6, 6.07) is 13.1. The summed E-state index contributed by atoms with van der Waals surface area (Å²) in [6.45, 7) is 1.04. The molecule has 1 aliphatic heterocycles. The van der Waals surface area contributed by atoms with Gasteiger partial charge in [-0.15, -0.1) is 0 Å². The Morgan fingerprint density at radius 1 is 1.06 bits per heavy atom. The first-order valence-electron chi connectivity index (χ1n) is 10.1. The van der Waals surface area contributed by atoms with Gasteiger partial charge >= 0.3 is 0 Å². The van der Waals surface area contributed by atoms with Crippen LogP contribution in [0.5, 0.6) is 5.75 Å². The van der Waals surface area contributed by atoms with Crippen molar-refractivity contribution >= 4 is 23.2 Å².